The fourth-order valence-electron chi connectivity index (χ4n) is 0.951. The summed E-state index contributed by atoms with van der Waals surface area (Å²) in [5, 5.41) is 0. The predicted octanol–water partition coefficient (Wildman–Crippen LogP) is 4.59. The maximum absolute atomic E-state index is 5.92. The molecule has 0 aliphatic rings. The summed E-state index contributed by atoms with van der Waals surface area (Å²) in [6.07, 6.45) is 1.00. The third-order valence-electron chi connectivity index (χ3n) is 1.81. The van der Waals surface area contributed by atoms with Gasteiger partial charge in [0.1, 0.15) is 5.75 Å². The topological polar surface area (TPSA) is 18.5 Å². The van der Waals surface area contributed by atoms with Crippen LogP contribution in [0.5, 0.6) is 5.75 Å². The van der Waals surface area contributed by atoms with Gasteiger partial charge in [-0.3, -0.25) is 0 Å². The van der Waals surface area contributed by atoms with Crippen LogP contribution < -0.4 is 4.52 Å². The molecule has 1 atom stereocenters. The van der Waals surface area contributed by atoms with Gasteiger partial charge in [-0.15, -0.1) is 0 Å². The van der Waals surface area contributed by atoms with Crippen LogP contribution in [0.1, 0.15) is 20.3 Å². The standard InChI is InChI=1S/C11H16ClO2P/c1-10(2)8-9-13-15(12)14-11-6-4-3-5-7-11/h3-7,10H,8-9H2,1-2H3. The minimum atomic E-state index is -1.32. The Morgan fingerprint density at radius 2 is 1.93 bits per heavy atom. The smallest absolute Gasteiger partial charge is 0.338 e. The lowest BCUT2D eigenvalue weighted by molar-refractivity contribution is 0.297. The van der Waals surface area contributed by atoms with E-state index in [1.54, 1.807) is 0 Å². The lowest BCUT2D eigenvalue weighted by Crippen LogP contribution is -1.96. The molecule has 0 aromatic heterocycles. The highest BCUT2D eigenvalue weighted by atomic mass is 35.7. The van der Waals surface area contributed by atoms with Crippen LogP contribution in [0.2, 0.25) is 0 Å². The largest absolute Gasteiger partial charge is 0.436 e. The van der Waals surface area contributed by atoms with Crippen molar-refractivity contribution >= 4 is 19.0 Å². The van der Waals surface area contributed by atoms with Crippen molar-refractivity contribution in [1.29, 1.82) is 0 Å². The van der Waals surface area contributed by atoms with Crippen molar-refractivity contribution in [1.82, 2.24) is 0 Å². The van der Waals surface area contributed by atoms with Crippen LogP contribution in [0.4, 0.5) is 0 Å². The first-order valence-electron chi connectivity index (χ1n) is 5.00. The summed E-state index contributed by atoms with van der Waals surface area (Å²) < 4.78 is 10.8. The number of benzene rings is 1. The van der Waals surface area contributed by atoms with E-state index in [2.05, 4.69) is 13.8 Å². The molecule has 0 aliphatic carbocycles. The fraction of sp³-hybridized carbons (Fsp3) is 0.455. The molecule has 1 aromatic carbocycles. The zero-order valence-corrected chi connectivity index (χ0v) is 10.7. The first-order chi connectivity index (χ1) is 7.18. The van der Waals surface area contributed by atoms with E-state index in [1.165, 1.54) is 0 Å². The lowest BCUT2D eigenvalue weighted by atomic mass is 10.2. The van der Waals surface area contributed by atoms with Gasteiger partial charge in [-0.2, -0.15) is 0 Å². The second-order valence-electron chi connectivity index (χ2n) is 3.63. The van der Waals surface area contributed by atoms with Crippen LogP contribution in [0.3, 0.4) is 0 Å². The van der Waals surface area contributed by atoms with E-state index >= 15 is 0 Å². The first-order valence-corrected chi connectivity index (χ1v) is 7.08. The molecule has 0 radical (unpaired) electrons. The summed E-state index contributed by atoms with van der Waals surface area (Å²) in [7, 11) is -1.32. The van der Waals surface area contributed by atoms with Crippen LogP contribution >= 0.6 is 19.0 Å². The van der Waals surface area contributed by atoms with E-state index in [-0.39, 0.29) is 0 Å². The molecule has 0 bridgehead atoms. The van der Waals surface area contributed by atoms with Crippen molar-refractivity contribution in [3.05, 3.63) is 30.3 Å². The van der Waals surface area contributed by atoms with Crippen molar-refractivity contribution in [2.24, 2.45) is 5.92 Å². The SMILES string of the molecule is CC(C)CCOP(Cl)Oc1ccccc1. The number of rotatable bonds is 6. The summed E-state index contributed by atoms with van der Waals surface area (Å²) in [4.78, 5) is 0. The molecule has 1 rings (SSSR count). The Hall–Kier alpha value is -0.300. The van der Waals surface area contributed by atoms with Crippen LogP contribution in [-0.2, 0) is 4.52 Å². The molecule has 0 heterocycles. The zero-order valence-electron chi connectivity index (χ0n) is 9.02. The van der Waals surface area contributed by atoms with Crippen LogP contribution in [0.15, 0.2) is 30.3 Å². The molecular formula is C11H16ClO2P. The molecular weight excluding hydrogens is 231 g/mol. The maximum atomic E-state index is 5.92. The van der Waals surface area contributed by atoms with Gasteiger partial charge in [0.05, 0.1) is 6.61 Å². The van der Waals surface area contributed by atoms with Gasteiger partial charge in [0, 0.05) is 0 Å². The van der Waals surface area contributed by atoms with Crippen molar-refractivity contribution in [2.45, 2.75) is 20.3 Å². The number of hydrogen-bond donors (Lipinski definition) is 0. The Morgan fingerprint density at radius 3 is 2.53 bits per heavy atom. The Morgan fingerprint density at radius 1 is 1.27 bits per heavy atom. The second-order valence-corrected chi connectivity index (χ2v) is 5.33. The Bertz CT molecular complexity index is 267. The van der Waals surface area contributed by atoms with E-state index in [0.29, 0.717) is 12.5 Å². The molecule has 1 aromatic rings. The molecule has 15 heavy (non-hydrogen) atoms. The van der Waals surface area contributed by atoms with Gasteiger partial charge in [-0.25, -0.2) is 0 Å². The van der Waals surface area contributed by atoms with E-state index in [9.17, 15) is 0 Å². The summed E-state index contributed by atoms with van der Waals surface area (Å²) in [6.45, 7) is 4.95. The molecule has 0 saturated heterocycles. The van der Waals surface area contributed by atoms with E-state index in [1.807, 2.05) is 30.3 Å². The predicted molar refractivity (Wildman–Crippen MR) is 65.3 cm³/mol. The van der Waals surface area contributed by atoms with E-state index in [0.717, 1.165) is 12.2 Å². The highest BCUT2D eigenvalue weighted by Gasteiger charge is 2.08. The van der Waals surface area contributed by atoms with Gasteiger partial charge in [0.15, 0.2) is 0 Å². The van der Waals surface area contributed by atoms with Crippen LogP contribution in [-0.4, -0.2) is 6.61 Å². The van der Waals surface area contributed by atoms with Gasteiger partial charge in [-0.05, 0) is 35.7 Å². The minimum absolute atomic E-state index is 0.627. The van der Waals surface area contributed by atoms with E-state index < -0.39 is 7.73 Å². The molecule has 0 aliphatic heterocycles. The van der Waals surface area contributed by atoms with Gasteiger partial charge in [-0.1, -0.05) is 32.0 Å². The van der Waals surface area contributed by atoms with Gasteiger partial charge >= 0.3 is 7.73 Å². The number of hydrogen-bond acceptors (Lipinski definition) is 2. The highest BCUT2D eigenvalue weighted by Crippen LogP contribution is 2.44. The Kier molecular flexibility index (Phi) is 6.00. The van der Waals surface area contributed by atoms with E-state index in [4.69, 9.17) is 20.3 Å². The van der Waals surface area contributed by atoms with Gasteiger partial charge in [0.25, 0.3) is 0 Å². The van der Waals surface area contributed by atoms with Crippen molar-refractivity contribution in [3.8, 4) is 5.75 Å². The average molecular weight is 247 g/mol. The first kappa shape index (κ1) is 12.8. The van der Waals surface area contributed by atoms with Crippen molar-refractivity contribution < 1.29 is 9.05 Å². The van der Waals surface area contributed by atoms with Gasteiger partial charge < -0.3 is 9.05 Å². The average Bonchev–Trinajstić information content (AvgIpc) is 2.18. The third kappa shape index (κ3) is 5.99. The molecule has 0 saturated carbocycles. The monoisotopic (exact) mass is 246 g/mol. The zero-order chi connectivity index (χ0) is 11.1. The maximum Gasteiger partial charge on any atom is 0.338 e. The summed E-state index contributed by atoms with van der Waals surface area (Å²) in [5.41, 5.74) is 0. The summed E-state index contributed by atoms with van der Waals surface area (Å²) >= 11 is 5.92. The normalized spacial score (nSPS) is 12.8. The Labute approximate surface area is 97.3 Å². The molecule has 0 amide bonds. The molecule has 1 unspecified atom stereocenters. The third-order valence-corrected chi connectivity index (χ3v) is 3.05. The highest BCUT2D eigenvalue weighted by molar-refractivity contribution is 7.76. The molecule has 84 valence electrons. The molecule has 0 N–H and O–H groups in total. The molecule has 0 spiro atoms. The van der Waals surface area contributed by atoms with Gasteiger partial charge in [0.2, 0.25) is 0 Å². The number of para-hydroxylation sites is 1. The molecule has 2 nitrogen and oxygen atoms in total. The summed E-state index contributed by atoms with van der Waals surface area (Å²) in [5.74, 6) is 1.38. The van der Waals surface area contributed by atoms with Crippen molar-refractivity contribution in [2.75, 3.05) is 6.61 Å². The quantitative estimate of drug-likeness (QED) is 0.684. The second kappa shape index (κ2) is 7.05. The van der Waals surface area contributed by atoms with Crippen molar-refractivity contribution in [3.63, 3.8) is 0 Å². The molecule has 4 heteroatoms. The van der Waals surface area contributed by atoms with Crippen LogP contribution in [0.25, 0.3) is 0 Å². The van der Waals surface area contributed by atoms with Crippen LogP contribution in [0, 0.1) is 5.92 Å². The summed E-state index contributed by atoms with van der Waals surface area (Å²) in [6, 6.07) is 9.48. The number of halogens is 1. The fourth-order valence-corrected chi connectivity index (χ4v) is 1.99. The minimum Gasteiger partial charge on any atom is -0.436 e. The molecule has 0 fully saturated rings. The lowest BCUT2D eigenvalue weighted by Gasteiger charge is -2.12. The Balaban J connectivity index is 2.21.